The number of hydrogen-bond acceptors (Lipinski definition) is 3. The average molecular weight is 256 g/mol. The molecule has 0 N–H and O–H groups in total. The van der Waals surface area contributed by atoms with Gasteiger partial charge in [-0.1, -0.05) is 18.5 Å². The quantitative estimate of drug-likeness (QED) is 0.806. The van der Waals surface area contributed by atoms with E-state index in [4.69, 9.17) is 11.6 Å². The summed E-state index contributed by atoms with van der Waals surface area (Å²) in [5.74, 6) is 0. The zero-order valence-corrected chi connectivity index (χ0v) is 10.8. The van der Waals surface area contributed by atoms with Gasteiger partial charge >= 0.3 is 5.69 Å². The largest absolute Gasteiger partial charge is 0.345 e. The van der Waals surface area contributed by atoms with E-state index < -0.39 is 0 Å². The zero-order valence-electron chi connectivity index (χ0n) is 10.0. The van der Waals surface area contributed by atoms with Crippen LogP contribution in [0.2, 0.25) is 5.02 Å². The second-order valence-corrected chi connectivity index (χ2v) is 4.24. The van der Waals surface area contributed by atoms with E-state index in [0.717, 1.165) is 17.8 Å². The van der Waals surface area contributed by atoms with Crippen molar-refractivity contribution in [2.45, 2.75) is 19.9 Å². The van der Waals surface area contributed by atoms with Gasteiger partial charge in [0, 0.05) is 14.1 Å². The van der Waals surface area contributed by atoms with E-state index >= 15 is 0 Å². The van der Waals surface area contributed by atoms with Crippen LogP contribution in [0, 0.1) is 0 Å². The maximum atomic E-state index is 11.7. The van der Waals surface area contributed by atoms with Gasteiger partial charge in [0.25, 0.3) is 0 Å². The topological polar surface area (TPSA) is 57.6 Å². The first-order valence-corrected chi connectivity index (χ1v) is 5.71. The summed E-state index contributed by atoms with van der Waals surface area (Å²) in [7, 11) is 3.47. The lowest BCUT2D eigenvalue weighted by atomic mass is 10.3. The van der Waals surface area contributed by atoms with Crippen molar-refractivity contribution in [3.05, 3.63) is 33.2 Å². The molecule has 2 rings (SSSR count). The second kappa shape index (κ2) is 4.37. The Hall–Kier alpha value is -1.56. The Morgan fingerprint density at radius 2 is 2.12 bits per heavy atom. The van der Waals surface area contributed by atoms with Crippen LogP contribution in [0.5, 0.6) is 0 Å². The molecule has 0 saturated carbocycles. The first-order chi connectivity index (χ1) is 8.04. The molecule has 0 aliphatic heterocycles. The SMILES string of the molecule is CCc1nn(C)c(Cn2ncn(C)c2=O)c1Cl. The third-order valence-corrected chi connectivity index (χ3v) is 3.13. The van der Waals surface area contributed by atoms with E-state index in [-0.39, 0.29) is 5.69 Å². The monoisotopic (exact) mass is 255 g/mol. The minimum Gasteiger partial charge on any atom is -0.285 e. The van der Waals surface area contributed by atoms with Gasteiger partial charge in [0.05, 0.1) is 23.0 Å². The second-order valence-electron chi connectivity index (χ2n) is 3.87. The number of hydrogen-bond donors (Lipinski definition) is 0. The summed E-state index contributed by atoms with van der Waals surface area (Å²) in [6.07, 6.45) is 2.25. The molecular weight excluding hydrogens is 242 g/mol. The van der Waals surface area contributed by atoms with Crippen molar-refractivity contribution >= 4 is 11.6 Å². The van der Waals surface area contributed by atoms with Crippen LogP contribution in [0.4, 0.5) is 0 Å². The molecule has 0 aliphatic rings. The Balaban J connectivity index is 2.40. The number of aryl methyl sites for hydroxylation is 3. The Bertz CT molecular complexity index is 594. The molecule has 92 valence electrons. The van der Waals surface area contributed by atoms with Crippen molar-refractivity contribution in [1.82, 2.24) is 24.1 Å². The van der Waals surface area contributed by atoms with Crippen molar-refractivity contribution in [2.24, 2.45) is 14.1 Å². The maximum absolute atomic E-state index is 11.7. The lowest BCUT2D eigenvalue weighted by molar-refractivity contribution is 0.595. The maximum Gasteiger partial charge on any atom is 0.345 e. The van der Waals surface area contributed by atoms with Gasteiger partial charge in [0.1, 0.15) is 6.33 Å². The van der Waals surface area contributed by atoms with Gasteiger partial charge in [0.15, 0.2) is 0 Å². The fraction of sp³-hybridized carbons (Fsp3) is 0.500. The fourth-order valence-corrected chi connectivity index (χ4v) is 2.02. The summed E-state index contributed by atoms with van der Waals surface area (Å²) in [5, 5.41) is 8.91. The molecule has 0 bridgehead atoms. The van der Waals surface area contributed by atoms with Crippen molar-refractivity contribution < 1.29 is 0 Å². The molecule has 0 fully saturated rings. The number of rotatable bonds is 3. The highest BCUT2D eigenvalue weighted by Gasteiger charge is 2.14. The first kappa shape index (κ1) is 11.9. The summed E-state index contributed by atoms with van der Waals surface area (Å²) in [6.45, 7) is 2.33. The molecule has 6 nitrogen and oxygen atoms in total. The number of halogens is 1. The molecule has 0 aliphatic carbocycles. The predicted molar refractivity (Wildman–Crippen MR) is 64.2 cm³/mol. The summed E-state index contributed by atoms with van der Waals surface area (Å²) in [6, 6.07) is 0. The van der Waals surface area contributed by atoms with Crippen LogP contribution < -0.4 is 5.69 Å². The molecule has 0 saturated heterocycles. The molecule has 0 spiro atoms. The van der Waals surface area contributed by atoms with Crippen LogP contribution in [0.1, 0.15) is 18.3 Å². The highest BCUT2D eigenvalue weighted by atomic mass is 35.5. The summed E-state index contributed by atoms with van der Waals surface area (Å²) in [4.78, 5) is 11.7. The van der Waals surface area contributed by atoms with Crippen molar-refractivity contribution in [2.75, 3.05) is 0 Å². The Kier molecular flexibility index (Phi) is 3.06. The normalized spacial score (nSPS) is 11.1. The zero-order chi connectivity index (χ0) is 12.6. The van der Waals surface area contributed by atoms with E-state index in [1.54, 1.807) is 11.7 Å². The Labute approximate surface area is 103 Å². The highest BCUT2D eigenvalue weighted by molar-refractivity contribution is 6.31. The third-order valence-electron chi connectivity index (χ3n) is 2.69. The van der Waals surface area contributed by atoms with Crippen LogP contribution in [0.25, 0.3) is 0 Å². The van der Waals surface area contributed by atoms with E-state index in [1.165, 1.54) is 15.6 Å². The Morgan fingerprint density at radius 3 is 2.59 bits per heavy atom. The van der Waals surface area contributed by atoms with Gasteiger partial charge in [0.2, 0.25) is 0 Å². The number of aromatic nitrogens is 5. The first-order valence-electron chi connectivity index (χ1n) is 5.33. The smallest absolute Gasteiger partial charge is 0.285 e. The highest BCUT2D eigenvalue weighted by Crippen LogP contribution is 2.20. The molecule has 0 atom stereocenters. The van der Waals surface area contributed by atoms with Crippen LogP contribution in [-0.2, 0) is 27.1 Å². The molecule has 0 radical (unpaired) electrons. The minimum absolute atomic E-state index is 0.166. The van der Waals surface area contributed by atoms with Gasteiger partial charge < -0.3 is 0 Å². The van der Waals surface area contributed by atoms with Crippen LogP contribution >= 0.6 is 11.6 Å². The van der Waals surface area contributed by atoms with Gasteiger partial charge in [-0.2, -0.15) is 10.2 Å². The van der Waals surface area contributed by atoms with E-state index in [2.05, 4.69) is 10.2 Å². The molecular formula is C10H14ClN5O. The van der Waals surface area contributed by atoms with Crippen LogP contribution in [0.15, 0.2) is 11.1 Å². The van der Waals surface area contributed by atoms with Crippen molar-refractivity contribution in [1.29, 1.82) is 0 Å². The van der Waals surface area contributed by atoms with Crippen LogP contribution in [-0.4, -0.2) is 24.1 Å². The van der Waals surface area contributed by atoms with Gasteiger partial charge in [-0.3, -0.25) is 9.25 Å². The molecule has 0 amide bonds. The Morgan fingerprint density at radius 1 is 1.41 bits per heavy atom. The average Bonchev–Trinajstić information content (AvgIpc) is 2.76. The third kappa shape index (κ3) is 2.00. The van der Waals surface area contributed by atoms with Crippen molar-refractivity contribution in [3.8, 4) is 0 Å². The standard InChI is InChI=1S/C10H14ClN5O/c1-4-7-9(11)8(15(3)13-7)5-16-10(17)14(2)6-12-16/h6H,4-5H2,1-3H3. The van der Waals surface area contributed by atoms with E-state index in [9.17, 15) is 4.79 Å². The fourth-order valence-electron chi connectivity index (χ4n) is 1.66. The predicted octanol–water partition coefficient (Wildman–Crippen LogP) is 0.579. The van der Waals surface area contributed by atoms with Gasteiger partial charge in [-0.25, -0.2) is 9.48 Å². The summed E-state index contributed by atoms with van der Waals surface area (Å²) >= 11 is 6.21. The molecule has 7 heteroatoms. The summed E-state index contributed by atoms with van der Waals surface area (Å²) in [5.41, 5.74) is 1.47. The molecule has 2 heterocycles. The molecule has 2 aromatic heterocycles. The summed E-state index contributed by atoms with van der Waals surface area (Å²) < 4.78 is 4.48. The minimum atomic E-state index is -0.166. The molecule has 0 aromatic carbocycles. The molecule has 17 heavy (non-hydrogen) atoms. The van der Waals surface area contributed by atoms with Crippen molar-refractivity contribution in [3.63, 3.8) is 0 Å². The van der Waals surface area contributed by atoms with E-state index in [0.29, 0.717) is 11.6 Å². The molecule has 0 unspecified atom stereocenters. The number of nitrogens with zero attached hydrogens (tertiary/aromatic N) is 5. The lowest BCUT2D eigenvalue weighted by Crippen LogP contribution is -2.24. The molecule has 2 aromatic rings. The van der Waals surface area contributed by atoms with E-state index in [1.807, 2.05) is 14.0 Å². The van der Waals surface area contributed by atoms with Crippen LogP contribution in [0.3, 0.4) is 0 Å². The van der Waals surface area contributed by atoms with Gasteiger partial charge in [-0.05, 0) is 6.42 Å². The lowest BCUT2D eigenvalue weighted by Gasteiger charge is -2.01. The van der Waals surface area contributed by atoms with Gasteiger partial charge in [-0.15, -0.1) is 0 Å².